The Morgan fingerprint density at radius 3 is 0.130 bits per heavy atom. The van der Waals surface area contributed by atoms with Crippen LogP contribution in [0, 0.1) is 0 Å². The first-order chi connectivity index (χ1) is 0. The molecular formula is H15O15Sb5V3-15. The summed E-state index contributed by atoms with van der Waals surface area (Å²) in [6.45, 7) is 0. The number of hydrogen-bond acceptors (Lipinski definition) is 15. The zero-order chi connectivity index (χ0) is 0. The fraction of sp³-hybridized carbons (Fsp3) is 0. The summed E-state index contributed by atoms with van der Waals surface area (Å²) in [5, 5.41) is 0. The molecule has 0 rings (SSSR count). The summed E-state index contributed by atoms with van der Waals surface area (Å²) in [5.41, 5.74) is 0. The minimum absolute atomic E-state index is 0. The van der Waals surface area contributed by atoms with Gasteiger partial charge in [0, 0.05) is 178 Å². The van der Waals surface area contributed by atoms with Gasteiger partial charge in [-0.1, -0.05) is 0 Å². The maximum atomic E-state index is 0. The summed E-state index contributed by atoms with van der Waals surface area (Å²) < 4.78 is 0. The van der Waals surface area contributed by atoms with Crippen molar-refractivity contribution in [3.8, 4) is 0 Å². The van der Waals surface area contributed by atoms with Crippen molar-refractivity contribution < 1.29 is 138 Å². The topological polar surface area (TPSA) is 450 Å². The van der Waals surface area contributed by atoms with E-state index in [1.54, 1.807) is 0 Å². The van der Waals surface area contributed by atoms with Crippen molar-refractivity contribution in [2.75, 3.05) is 0 Å². The van der Waals surface area contributed by atoms with Gasteiger partial charge in [0.2, 0.25) is 0 Å². The van der Waals surface area contributed by atoms with Gasteiger partial charge >= 0.3 is 0 Å². The molecule has 23 heavy (non-hydrogen) atoms. The predicted octanol–water partition coefficient (Wildman–Crippen LogP) is -4.56. The second kappa shape index (κ2) is 682. The molecule has 23 heteroatoms. The minimum atomic E-state index is 0. The van der Waals surface area contributed by atoms with Crippen molar-refractivity contribution in [1.82, 2.24) is 0 Å². The summed E-state index contributed by atoms with van der Waals surface area (Å²) in [6.07, 6.45) is 0. The second-order valence-electron chi connectivity index (χ2n) is 0. The van der Waals surface area contributed by atoms with Crippen molar-refractivity contribution in [3.63, 3.8) is 0 Å². The van der Waals surface area contributed by atoms with Gasteiger partial charge in [0.25, 0.3) is 0 Å². The van der Waals surface area contributed by atoms with E-state index in [2.05, 4.69) is 0 Å². The average Bonchev–Trinajstić information content (AvgIpc) is 0. The van der Waals surface area contributed by atoms with E-state index in [1.165, 1.54) is 0 Å². The van der Waals surface area contributed by atoms with Crippen LogP contribution in [-0.2, 0) is 55.7 Å². The first-order valence-electron chi connectivity index (χ1n) is 0. The van der Waals surface area contributed by atoms with Gasteiger partial charge in [-0.15, -0.1) is 0 Å². The quantitative estimate of drug-likeness (QED) is 0.206. The summed E-state index contributed by atoms with van der Waals surface area (Å²) in [4.78, 5) is 0. The number of rotatable bonds is 0. The fourth-order valence-corrected chi connectivity index (χ4v) is 0. The normalized spacial score (nSPS) is 0. The Bertz CT molecular complexity index is 29.1. The van der Waals surface area contributed by atoms with E-state index in [0.717, 1.165) is 0 Å². The van der Waals surface area contributed by atoms with Crippen molar-refractivity contribution >= 4 is 122 Å². The first kappa shape index (κ1) is 762. The fourth-order valence-electron chi connectivity index (χ4n) is 0. The molecule has 160 valence electrons. The van der Waals surface area contributed by atoms with Gasteiger partial charge in [-0.05, 0) is 0 Å². The smallest absolute Gasteiger partial charge is 0 e. The molecule has 0 aliphatic carbocycles. The van der Waals surface area contributed by atoms with Crippen LogP contribution in [0.2, 0.25) is 0 Å². The molecule has 15 N–H and O–H groups in total. The molecule has 0 saturated carbocycles. The molecule has 0 bridgehead atoms. The van der Waals surface area contributed by atoms with Crippen molar-refractivity contribution in [2.24, 2.45) is 0 Å². The molecule has 0 aromatic rings. The molecule has 0 amide bonds. The average molecular weight is 1020 g/mol. The molecular weight excluding hydrogens is 1000 g/mol. The molecule has 0 aromatic heterocycles. The largest absolute Gasteiger partial charge is 0.870 e. The van der Waals surface area contributed by atoms with Crippen LogP contribution in [0.25, 0.3) is 0 Å². The molecule has 0 heterocycles. The third kappa shape index (κ3) is 631. The van der Waals surface area contributed by atoms with Gasteiger partial charge in [0.05, 0.1) is 0 Å². The second-order valence-corrected chi connectivity index (χ2v) is 0. The van der Waals surface area contributed by atoms with Gasteiger partial charge in [0.1, 0.15) is 0 Å². The van der Waals surface area contributed by atoms with Gasteiger partial charge in [-0.25, -0.2) is 0 Å². The predicted molar refractivity (Wildman–Crippen MR) is 57.8 cm³/mol. The molecule has 15 nitrogen and oxygen atoms in total. The Hall–Kier alpha value is 5.24. The van der Waals surface area contributed by atoms with Crippen LogP contribution < -0.4 is 0 Å². The van der Waals surface area contributed by atoms with E-state index in [-0.39, 0.29) is 260 Å². The summed E-state index contributed by atoms with van der Waals surface area (Å²) in [7, 11) is 0. The van der Waals surface area contributed by atoms with E-state index < -0.39 is 0 Å². The molecule has 0 fully saturated rings. The van der Waals surface area contributed by atoms with Crippen LogP contribution in [0.15, 0.2) is 0 Å². The third-order valence-electron chi connectivity index (χ3n) is 0. The zero-order valence-corrected chi connectivity index (χ0v) is 27.2. The molecule has 0 aromatic carbocycles. The SMILES string of the molecule is [OH-].[OH-].[OH-].[OH-].[OH-].[OH-].[OH-].[OH-].[OH-].[OH-].[OH-].[OH-].[OH-].[OH-].[OH-].[Sb].[Sb].[Sb].[Sb].[Sb].[V].[V].[V]. The monoisotopic (exact) mass is 1010 g/mol. The van der Waals surface area contributed by atoms with Gasteiger partial charge < -0.3 is 82.1 Å². The van der Waals surface area contributed by atoms with Crippen molar-refractivity contribution in [1.29, 1.82) is 0 Å². The maximum absolute atomic E-state index is 0. The molecule has 18 radical (unpaired) electrons. The maximum Gasteiger partial charge on any atom is 0 e. The van der Waals surface area contributed by atoms with Crippen molar-refractivity contribution in [2.45, 2.75) is 0 Å². The Labute approximate surface area is 255 Å². The van der Waals surface area contributed by atoms with Crippen LogP contribution in [0.4, 0.5) is 0 Å². The van der Waals surface area contributed by atoms with Crippen molar-refractivity contribution in [3.05, 3.63) is 0 Å². The van der Waals surface area contributed by atoms with E-state index in [1.807, 2.05) is 0 Å². The van der Waals surface area contributed by atoms with E-state index in [9.17, 15) is 0 Å². The van der Waals surface area contributed by atoms with E-state index in [0.29, 0.717) is 0 Å². The molecule has 0 aliphatic heterocycles. The van der Waals surface area contributed by atoms with Gasteiger partial charge in [0.15, 0.2) is 0 Å². The Morgan fingerprint density at radius 2 is 0.130 bits per heavy atom. The van der Waals surface area contributed by atoms with Crippen LogP contribution in [0.5, 0.6) is 0 Å². The Balaban J connectivity index is 0. The molecule has 0 unspecified atom stereocenters. The standard InChI is InChI=1S/15H2O.5Sb.3V/h15*1H2;;;;;;;;/p-15. The third-order valence-corrected chi connectivity index (χ3v) is 0. The van der Waals surface area contributed by atoms with Crippen LogP contribution >= 0.6 is 0 Å². The Kier molecular flexibility index (Phi) is 22600. The molecule has 0 aliphatic rings. The minimum Gasteiger partial charge on any atom is -0.870 e. The van der Waals surface area contributed by atoms with Crippen LogP contribution in [0.3, 0.4) is 0 Å². The summed E-state index contributed by atoms with van der Waals surface area (Å²) in [5.74, 6) is 0. The number of hydrogen-bond donors (Lipinski definition) is 0. The molecule has 0 saturated heterocycles. The van der Waals surface area contributed by atoms with Crippen LogP contribution in [0.1, 0.15) is 0 Å². The first-order valence-corrected chi connectivity index (χ1v) is 0. The van der Waals surface area contributed by atoms with E-state index >= 15 is 0 Å². The summed E-state index contributed by atoms with van der Waals surface area (Å²) >= 11 is 0. The van der Waals surface area contributed by atoms with Gasteiger partial charge in [-0.3, -0.25) is 0 Å². The van der Waals surface area contributed by atoms with Crippen LogP contribution in [-0.4, -0.2) is 204 Å². The summed E-state index contributed by atoms with van der Waals surface area (Å²) in [6, 6.07) is 0. The molecule has 0 spiro atoms. The Morgan fingerprint density at radius 1 is 0.130 bits per heavy atom. The molecule has 0 atom stereocenters. The zero-order valence-electron chi connectivity index (χ0n) is 10.3. The van der Waals surface area contributed by atoms with Gasteiger partial charge in [-0.2, -0.15) is 0 Å². The van der Waals surface area contributed by atoms with E-state index in [4.69, 9.17) is 0 Å².